The SMILES string of the molecule is COCc1cccc(C(=O)Nc2ccc(Cl)c(C(F)(F)F)c2)c1. The van der Waals surface area contributed by atoms with Crippen LogP contribution in [0.15, 0.2) is 42.5 Å². The Morgan fingerprint density at radius 3 is 2.61 bits per heavy atom. The zero-order chi connectivity index (χ0) is 17.0. The molecule has 2 aromatic carbocycles. The lowest BCUT2D eigenvalue weighted by atomic mass is 10.1. The number of halogens is 4. The van der Waals surface area contributed by atoms with Crippen LogP contribution in [0.5, 0.6) is 0 Å². The molecule has 2 rings (SSSR count). The van der Waals surface area contributed by atoms with Crippen molar-refractivity contribution in [2.24, 2.45) is 0 Å². The van der Waals surface area contributed by atoms with E-state index >= 15 is 0 Å². The van der Waals surface area contributed by atoms with E-state index in [1.165, 1.54) is 13.2 Å². The molecular weight excluding hydrogens is 331 g/mol. The summed E-state index contributed by atoms with van der Waals surface area (Å²) in [6.45, 7) is 0.334. The normalized spacial score (nSPS) is 11.3. The molecular formula is C16H13ClF3NO2. The minimum Gasteiger partial charge on any atom is -0.380 e. The molecule has 0 saturated carbocycles. The molecule has 0 atom stereocenters. The Balaban J connectivity index is 2.22. The zero-order valence-corrected chi connectivity index (χ0v) is 12.8. The van der Waals surface area contributed by atoms with Gasteiger partial charge in [0, 0.05) is 18.4 Å². The summed E-state index contributed by atoms with van der Waals surface area (Å²) in [5, 5.41) is 2.01. The monoisotopic (exact) mass is 343 g/mol. The summed E-state index contributed by atoms with van der Waals surface area (Å²) in [6, 6.07) is 9.85. The van der Waals surface area contributed by atoms with Gasteiger partial charge in [-0.2, -0.15) is 13.2 Å². The number of hydrogen-bond donors (Lipinski definition) is 1. The highest BCUT2D eigenvalue weighted by Gasteiger charge is 2.33. The second-order valence-electron chi connectivity index (χ2n) is 4.78. The molecule has 0 aliphatic heterocycles. The Bertz CT molecular complexity index is 717. The van der Waals surface area contributed by atoms with Crippen LogP contribution in [-0.4, -0.2) is 13.0 Å². The smallest absolute Gasteiger partial charge is 0.380 e. The van der Waals surface area contributed by atoms with Crippen LogP contribution in [0.1, 0.15) is 21.5 Å². The van der Waals surface area contributed by atoms with E-state index in [2.05, 4.69) is 5.32 Å². The van der Waals surface area contributed by atoms with Gasteiger partial charge in [0.15, 0.2) is 0 Å². The zero-order valence-electron chi connectivity index (χ0n) is 12.1. The molecule has 7 heteroatoms. The van der Waals surface area contributed by atoms with E-state index < -0.39 is 22.7 Å². The fourth-order valence-electron chi connectivity index (χ4n) is 1.99. The lowest BCUT2D eigenvalue weighted by molar-refractivity contribution is -0.137. The summed E-state index contributed by atoms with van der Waals surface area (Å²) in [7, 11) is 1.53. The molecule has 1 N–H and O–H groups in total. The van der Waals surface area contributed by atoms with Crippen molar-refractivity contribution in [1.29, 1.82) is 0 Å². The number of hydrogen-bond acceptors (Lipinski definition) is 2. The van der Waals surface area contributed by atoms with Gasteiger partial charge in [-0.15, -0.1) is 0 Å². The van der Waals surface area contributed by atoms with E-state index in [-0.39, 0.29) is 5.69 Å². The number of anilines is 1. The maximum atomic E-state index is 12.8. The largest absolute Gasteiger partial charge is 0.417 e. The van der Waals surface area contributed by atoms with Crippen molar-refractivity contribution >= 4 is 23.2 Å². The molecule has 0 unspecified atom stereocenters. The van der Waals surface area contributed by atoms with Crippen LogP contribution in [0, 0.1) is 0 Å². The van der Waals surface area contributed by atoms with Gasteiger partial charge in [-0.05, 0) is 35.9 Å². The van der Waals surface area contributed by atoms with Gasteiger partial charge in [-0.25, -0.2) is 0 Å². The highest BCUT2D eigenvalue weighted by atomic mass is 35.5. The van der Waals surface area contributed by atoms with Crippen molar-refractivity contribution in [3.05, 3.63) is 64.2 Å². The van der Waals surface area contributed by atoms with Crippen molar-refractivity contribution in [2.75, 3.05) is 12.4 Å². The maximum Gasteiger partial charge on any atom is 0.417 e. The van der Waals surface area contributed by atoms with Gasteiger partial charge in [0.25, 0.3) is 5.91 Å². The molecule has 122 valence electrons. The number of nitrogens with one attached hydrogen (secondary N) is 1. The van der Waals surface area contributed by atoms with Crippen LogP contribution in [0.3, 0.4) is 0 Å². The summed E-state index contributed by atoms with van der Waals surface area (Å²) in [6.07, 6.45) is -4.59. The number of rotatable bonds is 4. The number of carbonyl (C=O) groups is 1. The standard InChI is InChI=1S/C16H13ClF3NO2/c1-23-9-10-3-2-4-11(7-10)15(22)21-12-5-6-14(17)13(8-12)16(18,19)20/h2-8H,9H2,1H3,(H,21,22). The minimum absolute atomic E-state index is 0.0175. The molecule has 0 fully saturated rings. The van der Waals surface area contributed by atoms with Crippen LogP contribution >= 0.6 is 11.6 Å². The van der Waals surface area contributed by atoms with E-state index in [0.29, 0.717) is 12.2 Å². The second-order valence-corrected chi connectivity index (χ2v) is 5.19. The summed E-state index contributed by atoms with van der Waals surface area (Å²) < 4.78 is 43.4. The molecule has 0 spiro atoms. The lowest BCUT2D eigenvalue weighted by Crippen LogP contribution is -2.13. The Labute approximate surface area is 136 Å². The molecule has 0 saturated heterocycles. The van der Waals surface area contributed by atoms with Gasteiger partial charge in [0.1, 0.15) is 0 Å². The Hall–Kier alpha value is -2.05. The van der Waals surface area contributed by atoms with Crippen LogP contribution in [-0.2, 0) is 17.5 Å². The van der Waals surface area contributed by atoms with Crippen LogP contribution in [0.25, 0.3) is 0 Å². The highest BCUT2D eigenvalue weighted by molar-refractivity contribution is 6.31. The van der Waals surface area contributed by atoms with Gasteiger partial charge in [0.05, 0.1) is 17.2 Å². The Kier molecular flexibility index (Phi) is 5.28. The third kappa shape index (κ3) is 4.46. The van der Waals surface area contributed by atoms with Gasteiger partial charge in [-0.1, -0.05) is 23.7 Å². The molecule has 0 aromatic heterocycles. The second kappa shape index (κ2) is 7.02. The maximum absolute atomic E-state index is 12.8. The molecule has 0 heterocycles. The van der Waals surface area contributed by atoms with Crippen LogP contribution in [0.2, 0.25) is 5.02 Å². The quantitative estimate of drug-likeness (QED) is 0.869. The summed E-state index contributed by atoms with van der Waals surface area (Å²) in [4.78, 5) is 12.2. The molecule has 0 radical (unpaired) electrons. The number of ether oxygens (including phenoxy) is 1. The van der Waals surface area contributed by atoms with Crippen molar-refractivity contribution in [3.8, 4) is 0 Å². The molecule has 0 aliphatic carbocycles. The highest BCUT2D eigenvalue weighted by Crippen LogP contribution is 2.36. The van der Waals surface area contributed by atoms with Crippen molar-refractivity contribution < 1.29 is 22.7 Å². The first-order valence-electron chi connectivity index (χ1n) is 6.57. The minimum atomic E-state index is -4.59. The van der Waals surface area contributed by atoms with Crippen LogP contribution < -0.4 is 5.32 Å². The molecule has 1 amide bonds. The lowest BCUT2D eigenvalue weighted by Gasteiger charge is -2.12. The van der Waals surface area contributed by atoms with Crippen molar-refractivity contribution in [1.82, 2.24) is 0 Å². The number of alkyl halides is 3. The van der Waals surface area contributed by atoms with E-state index in [0.717, 1.165) is 17.7 Å². The summed E-state index contributed by atoms with van der Waals surface area (Å²) >= 11 is 5.54. The van der Waals surface area contributed by atoms with Gasteiger partial charge in [-0.3, -0.25) is 4.79 Å². The molecule has 3 nitrogen and oxygen atoms in total. The molecule has 0 aliphatic rings. The fraction of sp³-hybridized carbons (Fsp3) is 0.188. The van der Waals surface area contributed by atoms with Gasteiger partial charge < -0.3 is 10.1 Å². The number of amides is 1. The van der Waals surface area contributed by atoms with E-state index in [4.69, 9.17) is 16.3 Å². The third-order valence-corrected chi connectivity index (χ3v) is 3.36. The topological polar surface area (TPSA) is 38.3 Å². The fourth-order valence-corrected chi connectivity index (χ4v) is 2.22. The molecule has 0 bridgehead atoms. The first kappa shape index (κ1) is 17.3. The Morgan fingerprint density at radius 1 is 1.22 bits per heavy atom. The number of carbonyl (C=O) groups excluding carboxylic acids is 1. The summed E-state index contributed by atoms with van der Waals surface area (Å²) in [5.74, 6) is -0.515. The average molecular weight is 344 g/mol. The van der Waals surface area contributed by atoms with Crippen LogP contribution in [0.4, 0.5) is 18.9 Å². The molecule has 2 aromatic rings. The van der Waals surface area contributed by atoms with Gasteiger partial charge >= 0.3 is 6.18 Å². The van der Waals surface area contributed by atoms with Gasteiger partial charge in [0.2, 0.25) is 0 Å². The Morgan fingerprint density at radius 2 is 1.96 bits per heavy atom. The van der Waals surface area contributed by atoms with E-state index in [1.807, 2.05) is 0 Å². The summed E-state index contributed by atoms with van der Waals surface area (Å²) in [5.41, 5.74) is 0.129. The first-order valence-corrected chi connectivity index (χ1v) is 6.95. The van der Waals surface area contributed by atoms with Crippen molar-refractivity contribution in [2.45, 2.75) is 12.8 Å². The predicted octanol–water partition coefficient (Wildman–Crippen LogP) is 4.76. The number of benzene rings is 2. The average Bonchev–Trinajstić information content (AvgIpc) is 2.48. The third-order valence-electron chi connectivity index (χ3n) is 3.03. The van der Waals surface area contributed by atoms with E-state index in [1.54, 1.807) is 24.3 Å². The van der Waals surface area contributed by atoms with E-state index in [9.17, 15) is 18.0 Å². The number of methoxy groups -OCH3 is 1. The molecule has 23 heavy (non-hydrogen) atoms. The van der Waals surface area contributed by atoms with Crippen molar-refractivity contribution in [3.63, 3.8) is 0 Å². The first-order chi connectivity index (χ1) is 10.8. The predicted molar refractivity (Wildman–Crippen MR) is 81.6 cm³/mol.